The third-order valence-electron chi connectivity index (χ3n) is 8.07. The van der Waals surface area contributed by atoms with Gasteiger partial charge in [-0.15, -0.1) is 0 Å². The smallest absolute Gasteiger partial charge is 0.309 e. The molecule has 0 N–H and O–H groups in total. The van der Waals surface area contributed by atoms with E-state index in [1.165, 1.54) is 32.1 Å². The number of rotatable bonds is 35. The van der Waals surface area contributed by atoms with Gasteiger partial charge in [0.2, 0.25) is 0 Å². The van der Waals surface area contributed by atoms with Crippen LogP contribution < -0.4 is 0 Å². The number of hydrogen-bond donors (Lipinski definition) is 0. The Morgan fingerprint density at radius 3 is 1.26 bits per heavy atom. The van der Waals surface area contributed by atoms with Crippen LogP contribution in [0, 0.1) is 0 Å². The highest BCUT2D eigenvalue weighted by Crippen LogP contribution is 2.11. The zero-order valence-electron chi connectivity index (χ0n) is 34.2. The van der Waals surface area contributed by atoms with E-state index in [2.05, 4.69) is 106 Å². The van der Waals surface area contributed by atoms with Crippen molar-refractivity contribution in [2.75, 3.05) is 13.2 Å². The van der Waals surface area contributed by atoms with Gasteiger partial charge in [0.15, 0.2) is 6.10 Å². The molecule has 0 aromatic rings. The molecular weight excluding hydrogens is 673 g/mol. The number of carbonyl (C=O) groups excluding carboxylic acids is 3. The maximum Gasteiger partial charge on any atom is 0.309 e. The third kappa shape index (κ3) is 39.3. The molecule has 0 fully saturated rings. The minimum absolute atomic E-state index is 0.109. The van der Waals surface area contributed by atoms with Crippen LogP contribution in [-0.2, 0) is 28.6 Å². The van der Waals surface area contributed by atoms with Crippen molar-refractivity contribution in [1.82, 2.24) is 0 Å². The molecule has 0 bridgehead atoms. The first-order valence-corrected chi connectivity index (χ1v) is 20.9. The molecule has 1 unspecified atom stereocenters. The molecule has 0 aliphatic carbocycles. The Morgan fingerprint density at radius 1 is 0.407 bits per heavy atom. The van der Waals surface area contributed by atoms with E-state index in [1.807, 2.05) is 18.2 Å². The summed E-state index contributed by atoms with van der Waals surface area (Å²) >= 11 is 0. The van der Waals surface area contributed by atoms with Gasteiger partial charge in [-0.1, -0.05) is 175 Å². The van der Waals surface area contributed by atoms with E-state index in [9.17, 15) is 14.4 Å². The predicted octanol–water partition coefficient (Wildman–Crippen LogP) is 13.2. The summed E-state index contributed by atoms with van der Waals surface area (Å²) < 4.78 is 16.4. The maximum atomic E-state index is 12.6. The summed E-state index contributed by atoms with van der Waals surface area (Å²) in [6.45, 7) is 6.17. The molecule has 0 aliphatic heterocycles. The van der Waals surface area contributed by atoms with Crippen molar-refractivity contribution < 1.29 is 28.6 Å². The summed E-state index contributed by atoms with van der Waals surface area (Å²) in [5.41, 5.74) is 0. The summed E-state index contributed by atoms with van der Waals surface area (Å²) in [5, 5.41) is 0. The van der Waals surface area contributed by atoms with E-state index >= 15 is 0 Å². The first-order chi connectivity index (χ1) is 26.5. The van der Waals surface area contributed by atoms with Crippen LogP contribution in [0.3, 0.4) is 0 Å². The Morgan fingerprint density at radius 2 is 0.796 bits per heavy atom. The molecule has 1 atom stereocenters. The van der Waals surface area contributed by atoms with Crippen LogP contribution in [0.4, 0.5) is 0 Å². The normalized spacial score (nSPS) is 13.2. The van der Waals surface area contributed by atoms with Crippen molar-refractivity contribution in [2.24, 2.45) is 0 Å². The van der Waals surface area contributed by atoms with Gasteiger partial charge in [0, 0.05) is 12.8 Å². The molecule has 54 heavy (non-hydrogen) atoms. The standard InChI is InChI=1S/C48H74O6/c1-4-7-10-13-16-19-21-23-24-26-27-29-32-35-38-41-47(50)53-44-45(43-52-46(49)40-37-34-31-18-15-12-9-6-3)54-48(51)42-39-36-33-30-28-25-22-20-17-14-11-8-5-2/h7-8,10-11,16-17,19-20,23-25,27-29,33,35-36,38,45H,4-6,9,12-15,18,21-22,26,30-32,34,37,39-44H2,1-3H3/b10-7-,11-8-,19-16-,20-17-,24-23-,28-25-,29-27-,36-33-,38-35-. The summed E-state index contributed by atoms with van der Waals surface area (Å²) in [5.74, 6) is -1.18. The van der Waals surface area contributed by atoms with Crippen molar-refractivity contribution in [1.29, 1.82) is 0 Å². The van der Waals surface area contributed by atoms with Crippen LogP contribution >= 0.6 is 0 Å². The number of esters is 3. The van der Waals surface area contributed by atoms with Gasteiger partial charge in [0.25, 0.3) is 0 Å². The van der Waals surface area contributed by atoms with Gasteiger partial charge in [0.1, 0.15) is 13.2 Å². The molecule has 0 aromatic heterocycles. The van der Waals surface area contributed by atoms with Crippen molar-refractivity contribution >= 4 is 17.9 Å². The fourth-order valence-corrected chi connectivity index (χ4v) is 5.00. The molecule has 0 aliphatic rings. The Kier molecular flexibility index (Phi) is 38.8. The minimum Gasteiger partial charge on any atom is -0.462 e. The molecule has 0 amide bonds. The van der Waals surface area contributed by atoms with Crippen molar-refractivity contribution in [3.63, 3.8) is 0 Å². The van der Waals surface area contributed by atoms with Crippen LogP contribution in [0.5, 0.6) is 0 Å². The molecule has 0 spiro atoms. The van der Waals surface area contributed by atoms with Crippen molar-refractivity contribution in [2.45, 2.75) is 162 Å². The number of carbonyl (C=O) groups is 3. The van der Waals surface area contributed by atoms with Gasteiger partial charge >= 0.3 is 17.9 Å². The van der Waals surface area contributed by atoms with Crippen molar-refractivity contribution in [3.05, 3.63) is 109 Å². The molecule has 0 saturated heterocycles. The van der Waals surface area contributed by atoms with E-state index in [0.717, 1.165) is 77.0 Å². The second-order valence-corrected chi connectivity index (χ2v) is 13.2. The summed E-state index contributed by atoms with van der Waals surface area (Å²) in [6.07, 6.45) is 55.5. The Balaban J connectivity index is 4.63. The van der Waals surface area contributed by atoms with Gasteiger partial charge < -0.3 is 14.2 Å². The molecule has 0 rings (SSSR count). The molecular formula is C48H74O6. The second kappa shape index (κ2) is 41.8. The lowest BCUT2D eigenvalue weighted by atomic mass is 10.1. The van der Waals surface area contributed by atoms with Crippen LogP contribution in [0.2, 0.25) is 0 Å². The largest absolute Gasteiger partial charge is 0.462 e. The molecule has 6 heteroatoms. The maximum absolute atomic E-state index is 12.6. The monoisotopic (exact) mass is 747 g/mol. The predicted molar refractivity (Wildman–Crippen MR) is 228 cm³/mol. The Bertz CT molecular complexity index is 1180. The highest BCUT2D eigenvalue weighted by molar-refractivity contribution is 5.72. The Hall–Kier alpha value is -3.93. The number of ether oxygens (including phenoxy) is 3. The SMILES string of the molecule is CC/C=C\C/C=C\C/C=C\C/C=C\C/C=C\CC(=O)OCC(COC(=O)CCCCCCCCCC)OC(=O)CC/C=C\C/C=C\C/C=C\C/C=C\CC. The minimum atomic E-state index is -0.852. The first kappa shape index (κ1) is 50.1. The summed E-state index contributed by atoms with van der Waals surface area (Å²) in [4.78, 5) is 37.4. The van der Waals surface area contributed by atoms with E-state index in [-0.39, 0.29) is 32.0 Å². The van der Waals surface area contributed by atoms with Crippen LogP contribution in [0.1, 0.15) is 156 Å². The summed E-state index contributed by atoms with van der Waals surface area (Å²) in [6, 6.07) is 0. The van der Waals surface area contributed by atoms with Gasteiger partial charge in [-0.2, -0.15) is 0 Å². The average molecular weight is 747 g/mol. The number of hydrogen-bond acceptors (Lipinski definition) is 6. The van der Waals surface area contributed by atoms with Gasteiger partial charge in [-0.05, 0) is 70.6 Å². The second-order valence-electron chi connectivity index (χ2n) is 13.2. The fraction of sp³-hybridized carbons (Fsp3) is 0.562. The highest BCUT2D eigenvalue weighted by Gasteiger charge is 2.19. The Labute approximate surface area is 330 Å². The topological polar surface area (TPSA) is 78.9 Å². The van der Waals surface area contributed by atoms with E-state index in [4.69, 9.17) is 14.2 Å². The summed E-state index contributed by atoms with van der Waals surface area (Å²) in [7, 11) is 0. The van der Waals surface area contributed by atoms with Crippen LogP contribution in [0.15, 0.2) is 109 Å². The van der Waals surface area contributed by atoms with Gasteiger partial charge in [-0.25, -0.2) is 0 Å². The highest BCUT2D eigenvalue weighted by atomic mass is 16.6. The van der Waals surface area contributed by atoms with Crippen LogP contribution in [0.25, 0.3) is 0 Å². The number of unbranched alkanes of at least 4 members (excludes halogenated alkanes) is 7. The average Bonchev–Trinajstić information content (AvgIpc) is 3.17. The van der Waals surface area contributed by atoms with E-state index in [1.54, 1.807) is 6.08 Å². The zero-order chi connectivity index (χ0) is 39.4. The number of allylic oxidation sites excluding steroid dienone is 17. The first-order valence-electron chi connectivity index (χ1n) is 20.9. The van der Waals surface area contributed by atoms with Gasteiger partial charge in [-0.3, -0.25) is 14.4 Å². The lowest BCUT2D eigenvalue weighted by Gasteiger charge is -2.18. The fourth-order valence-electron chi connectivity index (χ4n) is 5.00. The molecule has 0 saturated carbocycles. The van der Waals surface area contributed by atoms with Gasteiger partial charge in [0.05, 0.1) is 6.42 Å². The molecule has 302 valence electrons. The molecule has 0 heterocycles. The van der Waals surface area contributed by atoms with Crippen LogP contribution in [-0.4, -0.2) is 37.2 Å². The lowest BCUT2D eigenvalue weighted by Crippen LogP contribution is -2.30. The lowest BCUT2D eigenvalue weighted by molar-refractivity contribution is -0.166. The van der Waals surface area contributed by atoms with Crippen molar-refractivity contribution in [3.8, 4) is 0 Å². The molecule has 0 radical (unpaired) electrons. The third-order valence-corrected chi connectivity index (χ3v) is 8.07. The van der Waals surface area contributed by atoms with E-state index in [0.29, 0.717) is 12.8 Å². The molecule has 6 nitrogen and oxygen atoms in total. The zero-order valence-corrected chi connectivity index (χ0v) is 34.2. The molecule has 0 aromatic carbocycles. The van der Waals surface area contributed by atoms with E-state index < -0.39 is 18.0 Å². The quantitative estimate of drug-likeness (QED) is 0.0278.